The second kappa shape index (κ2) is 4.05. The molecule has 2 nitrogen and oxygen atoms in total. The molecule has 70 valence electrons. The van der Waals surface area contributed by atoms with Crippen molar-refractivity contribution >= 4 is 19.4 Å². The number of aliphatic hydroxyl groups is 1. The molecule has 0 radical (unpaired) electrons. The Morgan fingerprint density at radius 1 is 1.54 bits per heavy atom. The first-order valence-electron chi connectivity index (χ1n) is 4.09. The molecule has 1 aromatic heterocycles. The average molecular weight is 211 g/mol. The van der Waals surface area contributed by atoms with E-state index in [2.05, 4.69) is 36.1 Å². The molecule has 13 heavy (non-hydrogen) atoms. The van der Waals surface area contributed by atoms with E-state index in [4.69, 9.17) is 5.11 Å². The zero-order chi connectivity index (χ0) is 9.90. The van der Waals surface area contributed by atoms with Crippen LogP contribution in [-0.4, -0.2) is 18.2 Å². The first-order valence-corrected chi connectivity index (χ1v) is 8.47. The van der Waals surface area contributed by atoms with Crippen LogP contribution in [0.25, 0.3) is 0 Å². The normalized spacial score (nSPS) is 10.8. The van der Waals surface area contributed by atoms with Crippen LogP contribution >= 0.6 is 11.3 Å². The van der Waals surface area contributed by atoms with Gasteiger partial charge in [-0.05, 0) is 0 Å². The van der Waals surface area contributed by atoms with Gasteiger partial charge in [-0.15, -0.1) is 16.9 Å². The summed E-state index contributed by atoms with van der Waals surface area (Å²) < 4.78 is 0. The van der Waals surface area contributed by atoms with Crippen molar-refractivity contribution in [3.8, 4) is 11.5 Å². The average Bonchev–Trinajstić information content (AvgIpc) is 2.46. The largest absolute Gasteiger partial charge is 0.390 e. The Labute approximate surface area is 83.7 Å². The summed E-state index contributed by atoms with van der Waals surface area (Å²) in [5.41, 5.74) is 5.67. The summed E-state index contributed by atoms with van der Waals surface area (Å²) in [6.07, 6.45) is 0. The lowest BCUT2D eigenvalue weighted by Crippen LogP contribution is -2.16. The van der Waals surface area contributed by atoms with Gasteiger partial charge in [0, 0.05) is 0 Å². The van der Waals surface area contributed by atoms with E-state index in [0.717, 1.165) is 4.88 Å². The smallest absolute Gasteiger partial charge is 0.129 e. The Morgan fingerprint density at radius 2 is 2.23 bits per heavy atom. The lowest BCUT2D eigenvalue weighted by molar-refractivity contribution is 0.277. The summed E-state index contributed by atoms with van der Waals surface area (Å²) >= 11 is 1.49. The standard InChI is InChI=1S/C9H13NOSSi/c1-13(2,3)5-4-9-8(6-11)10-7-12-9/h7,11H,6H2,1-3H3. The van der Waals surface area contributed by atoms with Gasteiger partial charge < -0.3 is 5.11 Å². The SMILES string of the molecule is C[Si](C)(C)C#Cc1scnc1CO. The highest BCUT2D eigenvalue weighted by molar-refractivity contribution is 7.10. The molecule has 0 aliphatic rings. The predicted octanol–water partition coefficient (Wildman–Crippen LogP) is 1.86. The van der Waals surface area contributed by atoms with E-state index in [1.54, 1.807) is 5.51 Å². The fourth-order valence-electron chi connectivity index (χ4n) is 0.728. The monoisotopic (exact) mass is 211 g/mol. The van der Waals surface area contributed by atoms with Gasteiger partial charge in [0.05, 0.1) is 17.8 Å². The van der Waals surface area contributed by atoms with Crippen LogP contribution in [0.5, 0.6) is 0 Å². The molecular weight excluding hydrogens is 198 g/mol. The molecule has 0 bridgehead atoms. The number of hydrogen-bond acceptors (Lipinski definition) is 3. The van der Waals surface area contributed by atoms with Crippen LogP contribution in [0, 0.1) is 11.5 Å². The molecule has 1 rings (SSSR count). The molecule has 0 saturated heterocycles. The highest BCUT2D eigenvalue weighted by Gasteiger charge is 2.08. The van der Waals surface area contributed by atoms with Crippen molar-refractivity contribution in [2.24, 2.45) is 0 Å². The number of rotatable bonds is 1. The van der Waals surface area contributed by atoms with Crippen LogP contribution in [0.2, 0.25) is 19.6 Å². The first-order chi connectivity index (χ1) is 6.03. The van der Waals surface area contributed by atoms with Crippen molar-refractivity contribution in [3.63, 3.8) is 0 Å². The molecule has 1 N–H and O–H groups in total. The van der Waals surface area contributed by atoms with E-state index in [1.165, 1.54) is 11.3 Å². The summed E-state index contributed by atoms with van der Waals surface area (Å²) in [6.45, 7) is 6.57. The van der Waals surface area contributed by atoms with E-state index in [0.29, 0.717) is 5.69 Å². The van der Waals surface area contributed by atoms with Gasteiger partial charge in [-0.3, -0.25) is 0 Å². The molecule has 0 atom stereocenters. The Balaban J connectivity index is 2.89. The Hall–Kier alpha value is -0.633. The minimum Gasteiger partial charge on any atom is -0.390 e. The molecule has 1 aromatic rings. The Morgan fingerprint density at radius 3 is 2.77 bits per heavy atom. The summed E-state index contributed by atoms with van der Waals surface area (Å²) in [5, 5.41) is 8.92. The molecule has 0 amide bonds. The predicted molar refractivity (Wildman–Crippen MR) is 58.3 cm³/mol. The topological polar surface area (TPSA) is 33.1 Å². The summed E-state index contributed by atoms with van der Waals surface area (Å²) in [5.74, 6) is 3.09. The lowest BCUT2D eigenvalue weighted by atomic mass is 10.4. The van der Waals surface area contributed by atoms with Gasteiger partial charge in [-0.1, -0.05) is 25.6 Å². The van der Waals surface area contributed by atoms with Crippen LogP contribution in [0.1, 0.15) is 10.6 Å². The molecule has 0 aromatic carbocycles. The van der Waals surface area contributed by atoms with Crippen molar-refractivity contribution in [2.75, 3.05) is 0 Å². The van der Waals surface area contributed by atoms with E-state index in [9.17, 15) is 0 Å². The maximum absolute atomic E-state index is 8.92. The molecule has 0 saturated carbocycles. The van der Waals surface area contributed by atoms with Gasteiger partial charge in [0.15, 0.2) is 0 Å². The van der Waals surface area contributed by atoms with Gasteiger partial charge in [-0.2, -0.15) is 0 Å². The summed E-state index contributed by atoms with van der Waals surface area (Å²) in [4.78, 5) is 4.92. The van der Waals surface area contributed by atoms with Crippen molar-refractivity contribution in [2.45, 2.75) is 26.2 Å². The zero-order valence-electron chi connectivity index (χ0n) is 8.09. The molecule has 0 spiro atoms. The highest BCUT2D eigenvalue weighted by Crippen LogP contribution is 2.11. The molecular formula is C9H13NOSSi. The summed E-state index contributed by atoms with van der Waals surface area (Å²) in [6, 6.07) is 0. The molecule has 0 aliphatic heterocycles. The molecule has 0 aliphatic carbocycles. The third-order valence-corrected chi connectivity index (χ3v) is 3.00. The molecule has 0 fully saturated rings. The minimum absolute atomic E-state index is 0.0147. The zero-order valence-corrected chi connectivity index (χ0v) is 9.90. The third kappa shape index (κ3) is 3.31. The van der Waals surface area contributed by atoms with Crippen molar-refractivity contribution in [1.82, 2.24) is 4.98 Å². The fraction of sp³-hybridized carbons (Fsp3) is 0.444. The molecule has 1 heterocycles. The van der Waals surface area contributed by atoms with E-state index in [1.807, 2.05) is 0 Å². The second-order valence-electron chi connectivity index (χ2n) is 3.79. The lowest BCUT2D eigenvalue weighted by Gasteiger charge is -2.02. The molecule has 0 unspecified atom stereocenters. The fourth-order valence-corrected chi connectivity index (χ4v) is 1.97. The third-order valence-electron chi connectivity index (χ3n) is 1.34. The minimum atomic E-state index is -1.31. The Kier molecular flexibility index (Phi) is 3.26. The van der Waals surface area contributed by atoms with E-state index >= 15 is 0 Å². The summed E-state index contributed by atoms with van der Waals surface area (Å²) in [7, 11) is -1.31. The van der Waals surface area contributed by atoms with Crippen molar-refractivity contribution < 1.29 is 5.11 Å². The van der Waals surface area contributed by atoms with Gasteiger partial charge in [0.1, 0.15) is 13.0 Å². The van der Waals surface area contributed by atoms with Crippen molar-refractivity contribution in [3.05, 3.63) is 16.1 Å². The second-order valence-corrected chi connectivity index (χ2v) is 9.39. The van der Waals surface area contributed by atoms with Crippen molar-refractivity contribution in [1.29, 1.82) is 0 Å². The van der Waals surface area contributed by atoms with Crippen LogP contribution in [0.4, 0.5) is 0 Å². The Bertz CT molecular complexity index is 342. The van der Waals surface area contributed by atoms with Crippen LogP contribution < -0.4 is 0 Å². The molecule has 4 heteroatoms. The van der Waals surface area contributed by atoms with Crippen LogP contribution in [-0.2, 0) is 6.61 Å². The van der Waals surface area contributed by atoms with Gasteiger partial charge in [-0.25, -0.2) is 4.98 Å². The quantitative estimate of drug-likeness (QED) is 0.568. The van der Waals surface area contributed by atoms with Gasteiger partial charge in [0.25, 0.3) is 0 Å². The van der Waals surface area contributed by atoms with Gasteiger partial charge in [0.2, 0.25) is 0 Å². The number of aromatic nitrogens is 1. The number of nitrogens with zero attached hydrogens (tertiary/aromatic N) is 1. The maximum atomic E-state index is 8.92. The van der Waals surface area contributed by atoms with Crippen LogP contribution in [0.15, 0.2) is 5.51 Å². The van der Waals surface area contributed by atoms with E-state index < -0.39 is 8.07 Å². The number of hydrogen-bond donors (Lipinski definition) is 1. The van der Waals surface area contributed by atoms with Crippen LogP contribution in [0.3, 0.4) is 0 Å². The number of aliphatic hydroxyl groups excluding tert-OH is 1. The maximum Gasteiger partial charge on any atom is 0.129 e. The van der Waals surface area contributed by atoms with E-state index in [-0.39, 0.29) is 6.61 Å². The van der Waals surface area contributed by atoms with Gasteiger partial charge >= 0.3 is 0 Å². The first kappa shape index (κ1) is 10.4. The number of thiazole rings is 1. The highest BCUT2D eigenvalue weighted by atomic mass is 32.1.